The van der Waals surface area contributed by atoms with E-state index in [1.807, 2.05) is 0 Å². The number of nitriles is 1. The van der Waals surface area contributed by atoms with E-state index in [1.54, 1.807) is 6.07 Å². The molecule has 1 N–H and O–H groups in total. The topological polar surface area (TPSA) is 96.2 Å². The third-order valence-corrected chi connectivity index (χ3v) is 3.02. The van der Waals surface area contributed by atoms with E-state index in [0.717, 1.165) is 0 Å². The van der Waals surface area contributed by atoms with Gasteiger partial charge in [0.15, 0.2) is 11.0 Å². The third kappa shape index (κ3) is 1.49. The van der Waals surface area contributed by atoms with Crippen molar-refractivity contribution in [3.05, 3.63) is 34.3 Å². The summed E-state index contributed by atoms with van der Waals surface area (Å²) in [5.74, 6) is -1.77. The maximum atomic E-state index is 11.3. The number of benzene rings is 1. The van der Waals surface area contributed by atoms with Crippen molar-refractivity contribution in [1.82, 2.24) is 4.57 Å². The fraction of sp³-hybridized carbons (Fsp3) is 0.250. The molecule has 1 heterocycles. The molecule has 2 aromatic rings. The maximum absolute atomic E-state index is 11.3. The summed E-state index contributed by atoms with van der Waals surface area (Å²) in [5, 5.41) is 18.2. The van der Waals surface area contributed by atoms with Crippen LogP contribution in [0.1, 0.15) is 12.5 Å². The molecule has 0 amide bonds. The first kappa shape index (κ1) is 11.9. The van der Waals surface area contributed by atoms with Crippen LogP contribution in [0.15, 0.2) is 27.4 Å². The van der Waals surface area contributed by atoms with Crippen LogP contribution < -0.4 is 5.76 Å². The first-order valence-corrected chi connectivity index (χ1v) is 5.15. The molecule has 0 aliphatic heterocycles. The van der Waals surface area contributed by atoms with Crippen LogP contribution in [0.2, 0.25) is 0 Å². The Kier molecular flexibility index (Phi) is 2.47. The van der Waals surface area contributed by atoms with Gasteiger partial charge in [-0.1, -0.05) is 6.07 Å². The number of carboxylic acids is 1. The van der Waals surface area contributed by atoms with Gasteiger partial charge >= 0.3 is 11.7 Å². The molecule has 0 radical (unpaired) electrons. The van der Waals surface area contributed by atoms with Gasteiger partial charge in [0, 0.05) is 7.05 Å². The van der Waals surface area contributed by atoms with Gasteiger partial charge in [0.25, 0.3) is 0 Å². The van der Waals surface area contributed by atoms with Gasteiger partial charge < -0.3 is 9.52 Å². The number of aromatic nitrogens is 1. The minimum atomic E-state index is -1.65. The fourth-order valence-corrected chi connectivity index (χ4v) is 1.67. The summed E-state index contributed by atoms with van der Waals surface area (Å²) >= 11 is 0. The quantitative estimate of drug-likeness (QED) is 0.852. The average molecular weight is 246 g/mol. The zero-order chi connectivity index (χ0) is 13.5. The van der Waals surface area contributed by atoms with Crippen LogP contribution in [0.4, 0.5) is 0 Å². The average Bonchev–Trinajstić information content (AvgIpc) is 2.63. The molecule has 6 nitrogen and oxygen atoms in total. The third-order valence-electron chi connectivity index (χ3n) is 3.02. The van der Waals surface area contributed by atoms with Crippen molar-refractivity contribution in [3.8, 4) is 6.07 Å². The normalized spacial score (nSPS) is 14.1. The van der Waals surface area contributed by atoms with Gasteiger partial charge in [0.2, 0.25) is 0 Å². The molecule has 0 aliphatic carbocycles. The van der Waals surface area contributed by atoms with Crippen molar-refractivity contribution in [2.45, 2.75) is 12.3 Å². The Morgan fingerprint density at radius 2 is 2.22 bits per heavy atom. The van der Waals surface area contributed by atoms with Crippen LogP contribution in [0.5, 0.6) is 0 Å². The number of hydrogen-bond donors (Lipinski definition) is 1. The van der Waals surface area contributed by atoms with E-state index in [4.69, 9.17) is 14.8 Å². The number of aryl methyl sites for hydroxylation is 1. The lowest BCUT2D eigenvalue weighted by atomic mass is 9.84. The van der Waals surface area contributed by atoms with Crippen molar-refractivity contribution in [1.29, 1.82) is 5.26 Å². The molecule has 1 atom stereocenters. The van der Waals surface area contributed by atoms with E-state index in [1.165, 1.54) is 36.7 Å². The van der Waals surface area contributed by atoms with Crippen molar-refractivity contribution < 1.29 is 14.3 Å². The minimum absolute atomic E-state index is 0.307. The zero-order valence-electron chi connectivity index (χ0n) is 9.80. The second-order valence-electron chi connectivity index (χ2n) is 4.15. The number of rotatable bonds is 2. The molecule has 6 heteroatoms. The zero-order valence-corrected chi connectivity index (χ0v) is 9.80. The summed E-state index contributed by atoms with van der Waals surface area (Å²) in [6, 6.07) is 6.22. The van der Waals surface area contributed by atoms with Crippen LogP contribution in [0.3, 0.4) is 0 Å². The van der Waals surface area contributed by atoms with Crippen molar-refractivity contribution in [2.24, 2.45) is 7.05 Å². The van der Waals surface area contributed by atoms with Crippen molar-refractivity contribution >= 4 is 17.1 Å². The molecule has 1 unspecified atom stereocenters. The highest BCUT2D eigenvalue weighted by Gasteiger charge is 2.35. The van der Waals surface area contributed by atoms with Gasteiger partial charge in [-0.2, -0.15) is 5.26 Å². The highest BCUT2D eigenvalue weighted by atomic mass is 16.4. The van der Waals surface area contributed by atoms with E-state index < -0.39 is 17.1 Å². The molecule has 0 bridgehead atoms. The monoisotopic (exact) mass is 246 g/mol. The van der Waals surface area contributed by atoms with Crippen LogP contribution in [-0.4, -0.2) is 15.6 Å². The highest BCUT2D eigenvalue weighted by Crippen LogP contribution is 2.26. The lowest BCUT2D eigenvalue weighted by Crippen LogP contribution is -2.30. The minimum Gasteiger partial charge on any atom is -0.480 e. The number of fused-ring (bicyclic) bond motifs is 1. The van der Waals surface area contributed by atoms with Gasteiger partial charge in [-0.3, -0.25) is 9.36 Å². The standard InChI is InChI=1S/C12H10N2O4/c1-12(6-13,10(15)16)7-3-4-9-8(5-7)14(2)11(17)18-9/h3-5H,1-2H3,(H,15,16). The number of oxazole rings is 1. The largest absolute Gasteiger partial charge is 0.480 e. The molecule has 0 saturated heterocycles. The molecular formula is C12H10N2O4. The lowest BCUT2D eigenvalue weighted by Gasteiger charge is -2.16. The smallest absolute Gasteiger partial charge is 0.419 e. The summed E-state index contributed by atoms with van der Waals surface area (Å²) in [7, 11) is 1.52. The molecule has 1 aromatic carbocycles. The number of carbonyl (C=O) groups is 1. The molecule has 92 valence electrons. The van der Waals surface area contributed by atoms with Crippen molar-refractivity contribution in [2.75, 3.05) is 0 Å². The van der Waals surface area contributed by atoms with Gasteiger partial charge in [-0.05, 0) is 24.6 Å². The molecule has 0 spiro atoms. The van der Waals surface area contributed by atoms with Crippen LogP contribution >= 0.6 is 0 Å². The molecule has 0 aliphatic rings. The van der Waals surface area contributed by atoms with E-state index in [2.05, 4.69) is 0 Å². The molecule has 1 aromatic heterocycles. The lowest BCUT2D eigenvalue weighted by molar-refractivity contribution is -0.140. The SMILES string of the molecule is Cn1c(=O)oc2ccc(C(C)(C#N)C(=O)O)cc21. The predicted octanol–water partition coefficient (Wildman–Crippen LogP) is 0.997. The Morgan fingerprint density at radius 3 is 2.78 bits per heavy atom. The molecular weight excluding hydrogens is 236 g/mol. The molecule has 0 fully saturated rings. The summed E-state index contributed by atoms with van der Waals surface area (Å²) in [5.41, 5.74) is -0.528. The number of nitrogens with zero attached hydrogens (tertiary/aromatic N) is 2. The van der Waals surface area contributed by atoms with Gasteiger partial charge in [0.1, 0.15) is 0 Å². The van der Waals surface area contributed by atoms with Gasteiger partial charge in [-0.15, -0.1) is 0 Å². The molecule has 18 heavy (non-hydrogen) atoms. The Morgan fingerprint density at radius 1 is 1.56 bits per heavy atom. The van der Waals surface area contributed by atoms with Crippen LogP contribution in [-0.2, 0) is 17.3 Å². The highest BCUT2D eigenvalue weighted by molar-refractivity contribution is 5.86. The van der Waals surface area contributed by atoms with Crippen LogP contribution in [0.25, 0.3) is 11.1 Å². The first-order chi connectivity index (χ1) is 8.40. The number of aliphatic carboxylic acids is 1. The Hall–Kier alpha value is -2.55. The first-order valence-electron chi connectivity index (χ1n) is 5.15. The summed E-state index contributed by atoms with van der Waals surface area (Å²) in [4.78, 5) is 22.5. The Bertz CT molecular complexity index is 735. The molecule has 2 rings (SSSR count). The predicted molar refractivity (Wildman–Crippen MR) is 62.1 cm³/mol. The fourth-order valence-electron chi connectivity index (χ4n) is 1.67. The van der Waals surface area contributed by atoms with Gasteiger partial charge in [0.05, 0.1) is 11.6 Å². The Balaban J connectivity index is 2.75. The van der Waals surface area contributed by atoms with Gasteiger partial charge in [-0.25, -0.2) is 4.79 Å². The van der Waals surface area contributed by atoms with E-state index >= 15 is 0 Å². The summed E-state index contributed by atoms with van der Waals surface area (Å²) in [6.07, 6.45) is 0. The summed E-state index contributed by atoms with van der Waals surface area (Å²) in [6.45, 7) is 1.31. The van der Waals surface area contributed by atoms with E-state index in [-0.39, 0.29) is 0 Å². The second kappa shape index (κ2) is 3.74. The maximum Gasteiger partial charge on any atom is 0.419 e. The Labute approximate surface area is 102 Å². The van der Waals surface area contributed by atoms with Crippen molar-refractivity contribution in [3.63, 3.8) is 0 Å². The van der Waals surface area contributed by atoms with E-state index in [0.29, 0.717) is 16.7 Å². The number of carboxylic acid groups (broad SMARTS) is 1. The molecule has 0 saturated carbocycles. The second-order valence-corrected chi connectivity index (χ2v) is 4.15. The van der Waals surface area contributed by atoms with E-state index in [9.17, 15) is 9.59 Å². The van der Waals surface area contributed by atoms with Crippen LogP contribution in [0, 0.1) is 11.3 Å². The summed E-state index contributed by atoms with van der Waals surface area (Å²) < 4.78 is 6.20. The number of hydrogen-bond acceptors (Lipinski definition) is 4.